The van der Waals surface area contributed by atoms with E-state index in [0.717, 1.165) is 36.0 Å². The van der Waals surface area contributed by atoms with Gasteiger partial charge in [0, 0.05) is 55.0 Å². The van der Waals surface area contributed by atoms with Gasteiger partial charge < -0.3 is 15.0 Å². The van der Waals surface area contributed by atoms with Gasteiger partial charge in [-0.15, -0.1) is 0 Å². The molecule has 4 heterocycles. The minimum Gasteiger partial charge on any atom is -0.439 e. The van der Waals surface area contributed by atoms with E-state index < -0.39 is 0 Å². The molecule has 1 amide bonds. The van der Waals surface area contributed by atoms with E-state index in [2.05, 4.69) is 36.5 Å². The Balaban J connectivity index is 1.16. The number of H-pyrrole nitrogens is 1. The first kappa shape index (κ1) is 22.9. The van der Waals surface area contributed by atoms with Gasteiger partial charge in [0.25, 0.3) is 5.91 Å². The van der Waals surface area contributed by atoms with Crippen LogP contribution in [0.2, 0.25) is 0 Å². The fourth-order valence-electron chi connectivity index (χ4n) is 4.75. The number of nitrogens with zero attached hydrogens (tertiary/aromatic N) is 4. The van der Waals surface area contributed by atoms with Crippen LogP contribution in [-0.2, 0) is 0 Å². The lowest BCUT2D eigenvalue weighted by Crippen LogP contribution is -2.22. The lowest BCUT2D eigenvalue weighted by molar-refractivity contribution is 0.102. The Kier molecular flexibility index (Phi) is 6.10. The molecule has 1 fully saturated rings. The van der Waals surface area contributed by atoms with Crippen molar-refractivity contribution < 1.29 is 13.9 Å². The van der Waals surface area contributed by atoms with E-state index in [1.54, 1.807) is 12.1 Å². The maximum Gasteiger partial charge on any atom is 0.276 e. The van der Waals surface area contributed by atoms with Crippen molar-refractivity contribution in [3.63, 3.8) is 0 Å². The third kappa shape index (κ3) is 4.93. The van der Waals surface area contributed by atoms with Crippen LogP contribution in [0.25, 0.3) is 10.9 Å². The normalized spacial score (nSPS) is 17.2. The molecule has 37 heavy (non-hydrogen) atoms. The molecule has 186 valence electrons. The second-order valence-corrected chi connectivity index (χ2v) is 9.20. The van der Waals surface area contributed by atoms with E-state index in [-0.39, 0.29) is 17.6 Å². The fraction of sp³-hybridized carbons (Fsp3) is 0.214. The van der Waals surface area contributed by atoms with Crippen LogP contribution in [-0.4, -0.2) is 45.3 Å². The average molecular weight is 497 g/mol. The lowest BCUT2D eigenvalue weighted by atomic mass is 9.92. The summed E-state index contributed by atoms with van der Waals surface area (Å²) in [6.45, 7) is 2.18. The minimum absolute atomic E-state index is 0.147. The summed E-state index contributed by atoms with van der Waals surface area (Å²) in [5.41, 5.74) is 3.98. The molecule has 2 N–H and O–H groups in total. The van der Waals surface area contributed by atoms with E-state index in [9.17, 15) is 9.18 Å². The third-order valence-corrected chi connectivity index (χ3v) is 6.69. The second kappa shape index (κ2) is 9.85. The van der Waals surface area contributed by atoms with Gasteiger partial charge in [-0.3, -0.25) is 14.9 Å². The van der Waals surface area contributed by atoms with Gasteiger partial charge in [-0.1, -0.05) is 6.07 Å². The Bertz CT molecular complexity index is 1490. The molecule has 9 heteroatoms. The number of allylic oxidation sites excluding steroid dienone is 1. The number of nitrogens with one attached hydrogen (secondary N) is 2. The summed E-state index contributed by atoms with van der Waals surface area (Å²) in [7, 11) is 0. The van der Waals surface area contributed by atoms with E-state index in [4.69, 9.17) is 4.74 Å². The molecule has 2 aliphatic rings. The van der Waals surface area contributed by atoms with E-state index in [0.29, 0.717) is 23.0 Å². The molecule has 2 aromatic heterocycles. The molecule has 1 unspecified atom stereocenters. The van der Waals surface area contributed by atoms with E-state index in [1.165, 1.54) is 49.0 Å². The van der Waals surface area contributed by atoms with Crippen molar-refractivity contribution in [3.05, 3.63) is 89.8 Å². The van der Waals surface area contributed by atoms with Crippen LogP contribution < -0.4 is 10.1 Å². The number of likely N-dealkylation sites (tertiary alicyclic amines) is 1. The molecular weight excluding hydrogens is 471 g/mol. The average Bonchev–Trinajstić information content (AvgIpc) is 3.61. The zero-order chi connectivity index (χ0) is 25.2. The number of halogens is 1. The highest BCUT2D eigenvalue weighted by Gasteiger charge is 2.23. The Labute approximate surface area is 212 Å². The number of anilines is 1. The van der Waals surface area contributed by atoms with E-state index >= 15 is 0 Å². The Morgan fingerprint density at radius 2 is 1.92 bits per heavy atom. The summed E-state index contributed by atoms with van der Waals surface area (Å²) >= 11 is 0. The maximum atomic E-state index is 13.1. The number of aromatic nitrogens is 3. The van der Waals surface area contributed by atoms with Crippen molar-refractivity contribution >= 4 is 28.7 Å². The standard InChI is InChI=1S/C28H25FN6O2/c29-20-4-7-23(8-5-20)37-26-10-6-21(16-31-26)32-28(36)27-24-14-18(3-9-25(24)33-34-27)19-13-22(17-30-15-19)35-11-1-2-12-35/h3-10,14-17,19H,1-2,11-13H2,(H,32,36)(H,33,34). The molecule has 8 nitrogen and oxygen atoms in total. The number of rotatable bonds is 6. The van der Waals surface area contributed by atoms with Gasteiger partial charge >= 0.3 is 0 Å². The summed E-state index contributed by atoms with van der Waals surface area (Å²) in [5.74, 6) is 0.263. The topological polar surface area (TPSA) is 95.5 Å². The van der Waals surface area contributed by atoms with Crippen LogP contribution in [0.3, 0.4) is 0 Å². The Hall–Kier alpha value is -4.53. The van der Waals surface area contributed by atoms with Crippen LogP contribution in [0.5, 0.6) is 11.6 Å². The van der Waals surface area contributed by atoms with Crippen molar-refractivity contribution in [1.82, 2.24) is 20.1 Å². The summed E-state index contributed by atoms with van der Waals surface area (Å²) < 4.78 is 18.7. The monoisotopic (exact) mass is 496 g/mol. The Morgan fingerprint density at radius 3 is 2.70 bits per heavy atom. The maximum absolute atomic E-state index is 13.1. The number of amides is 1. The molecule has 2 aromatic carbocycles. The zero-order valence-corrected chi connectivity index (χ0v) is 20.0. The first-order chi connectivity index (χ1) is 18.1. The van der Waals surface area contributed by atoms with Gasteiger partial charge in [-0.2, -0.15) is 5.10 Å². The van der Waals surface area contributed by atoms with Gasteiger partial charge in [0.15, 0.2) is 5.69 Å². The van der Waals surface area contributed by atoms with Crippen molar-refractivity contribution in [2.45, 2.75) is 25.2 Å². The molecule has 6 rings (SSSR count). The quantitative estimate of drug-likeness (QED) is 0.360. The largest absolute Gasteiger partial charge is 0.439 e. The predicted octanol–water partition coefficient (Wildman–Crippen LogP) is 5.64. The first-order valence-corrected chi connectivity index (χ1v) is 12.3. The molecule has 0 aliphatic carbocycles. The summed E-state index contributed by atoms with van der Waals surface area (Å²) in [6.07, 6.45) is 8.80. The number of hydrogen-bond donors (Lipinski definition) is 2. The van der Waals surface area contributed by atoms with Gasteiger partial charge in [0.05, 0.1) is 17.4 Å². The number of hydrogen-bond acceptors (Lipinski definition) is 6. The van der Waals surface area contributed by atoms with Crippen LogP contribution in [0, 0.1) is 5.82 Å². The molecule has 4 aromatic rings. The van der Waals surface area contributed by atoms with Crippen molar-refractivity contribution in [3.8, 4) is 11.6 Å². The number of fused-ring (bicyclic) bond motifs is 1. The van der Waals surface area contributed by atoms with Gasteiger partial charge in [0.2, 0.25) is 5.88 Å². The van der Waals surface area contributed by atoms with E-state index in [1.807, 2.05) is 24.5 Å². The van der Waals surface area contributed by atoms with Gasteiger partial charge in [-0.05, 0) is 60.9 Å². The molecule has 0 spiro atoms. The lowest BCUT2D eigenvalue weighted by Gasteiger charge is -2.26. The number of ether oxygens (including phenoxy) is 1. The highest BCUT2D eigenvalue weighted by Crippen LogP contribution is 2.31. The highest BCUT2D eigenvalue weighted by molar-refractivity contribution is 6.11. The molecule has 0 bridgehead atoms. The van der Waals surface area contributed by atoms with Crippen molar-refractivity contribution in [2.75, 3.05) is 18.4 Å². The van der Waals surface area contributed by atoms with Crippen LogP contribution in [0.4, 0.5) is 10.1 Å². The van der Waals surface area contributed by atoms with Gasteiger partial charge in [0.1, 0.15) is 11.6 Å². The number of aliphatic imine (C=N–C) groups is 1. The molecule has 1 saturated heterocycles. The second-order valence-electron chi connectivity index (χ2n) is 9.20. The predicted molar refractivity (Wildman–Crippen MR) is 139 cm³/mol. The number of benzene rings is 2. The van der Waals surface area contributed by atoms with Gasteiger partial charge in [-0.25, -0.2) is 9.37 Å². The third-order valence-electron chi connectivity index (χ3n) is 6.69. The smallest absolute Gasteiger partial charge is 0.276 e. The van der Waals surface area contributed by atoms with Crippen LogP contribution >= 0.6 is 0 Å². The fourth-order valence-corrected chi connectivity index (χ4v) is 4.75. The number of pyridine rings is 1. The zero-order valence-electron chi connectivity index (χ0n) is 20.0. The molecule has 1 atom stereocenters. The van der Waals surface area contributed by atoms with Crippen molar-refractivity contribution in [2.24, 2.45) is 4.99 Å². The van der Waals surface area contributed by atoms with Crippen molar-refractivity contribution in [1.29, 1.82) is 0 Å². The van der Waals surface area contributed by atoms with Crippen LogP contribution in [0.15, 0.2) is 77.7 Å². The van der Waals surface area contributed by atoms with Crippen LogP contribution in [0.1, 0.15) is 41.2 Å². The Morgan fingerprint density at radius 1 is 1.08 bits per heavy atom. The molecule has 2 aliphatic heterocycles. The molecule has 0 radical (unpaired) electrons. The summed E-state index contributed by atoms with van der Waals surface area (Å²) in [5, 5.41) is 10.8. The first-order valence-electron chi connectivity index (χ1n) is 12.3. The SMILES string of the molecule is O=C(Nc1ccc(Oc2ccc(F)cc2)nc1)c1n[nH]c2ccc(C3C=NC=C(N4CCCC4)C3)cc12. The highest BCUT2D eigenvalue weighted by atomic mass is 19.1. The molecular formula is C28H25FN6O2. The molecule has 0 saturated carbocycles. The minimum atomic E-state index is -0.341. The number of carbonyl (C=O) groups is 1. The number of aromatic amines is 1. The summed E-state index contributed by atoms with van der Waals surface area (Å²) in [4.78, 5) is 24.2. The summed E-state index contributed by atoms with van der Waals surface area (Å²) in [6, 6.07) is 15.0. The number of carbonyl (C=O) groups excluding carboxylic acids is 1.